The molecule has 1 N–H and O–H groups in total. The van der Waals surface area contributed by atoms with Gasteiger partial charge in [-0.1, -0.05) is 0 Å². The highest BCUT2D eigenvalue weighted by atomic mass is 16.6. The molecule has 0 atom stereocenters. The van der Waals surface area contributed by atoms with Crippen molar-refractivity contribution in [1.82, 2.24) is 29.2 Å². The van der Waals surface area contributed by atoms with Gasteiger partial charge in [-0.2, -0.15) is 15.5 Å². The Hall–Kier alpha value is -4.07. The zero-order valence-corrected chi connectivity index (χ0v) is 20.6. The van der Waals surface area contributed by atoms with Crippen LogP contribution < -0.4 is 0 Å². The molecule has 2 aliphatic heterocycles. The number of nitriles is 1. The van der Waals surface area contributed by atoms with Crippen LogP contribution in [0.25, 0.3) is 16.6 Å². The number of nitrogens with zero attached hydrogens (tertiary/aromatic N) is 7. The fourth-order valence-corrected chi connectivity index (χ4v) is 4.75. The number of ether oxygens (including phenoxy) is 1. The number of hydrogen-bond donors (Lipinski definition) is 1. The summed E-state index contributed by atoms with van der Waals surface area (Å²) in [5, 5.41) is 28.3. The Balaban J connectivity index is 1.17. The lowest BCUT2D eigenvalue weighted by Crippen LogP contribution is -2.58. The highest BCUT2D eigenvalue weighted by Gasteiger charge is 2.40. The molecule has 0 saturated carbocycles. The van der Waals surface area contributed by atoms with Gasteiger partial charge in [0.15, 0.2) is 0 Å². The number of aromatic nitrogens is 4. The van der Waals surface area contributed by atoms with E-state index < -0.39 is 5.60 Å². The summed E-state index contributed by atoms with van der Waals surface area (Å²) in [7, 11) is 0. The molecule has 3 aromatic rings. The predicted octanol–water partition coefficient (Wildman–Crippen LogP) is 2.81. The molecule has 11 nitrogen and oxygen atoms in total. The minimum atomic E-state index is -0.548. The average Bonchev–Trinajstić information content (AvgIpc) is 3.44. The monoisotopic (exact) mass is 491 g/mol. The number of aromatic hydroxyl groups is 1. The van der Waals surface area contributed by atoms with Crippen LogP contribution in [0.1, 0.15) is 45.2 Å². The number of amides is 2. The first-order valence-electron chi connectivity index (χ1n) is 12.0. The van der Waals surface area contributed by atoms with E-state index in [0.29, 0.717) is 37.3 Å². The van der Waals surface area contributed by atoms with E-state index >= 15 is 0 Å². The van der Waals surface area contributed by atoms with Crippen LogP contribution in [0.5, 0.6) is 5.75 Å². The Morgan fingerprint density at radius 1 is 1.08 bits per heavy atom. The molecule has 2 amide bonds. The molecule has 2 saturated heterocycles. The van der Waals surface area contributed by atoms with Crippen molar-refractivity contribution >= 4 is 17.5 Å². The molecule has 36 heavy (non-hydrogen) atoms. The summed E-state index contributed by atoms with van der Waals surface area (Å²) < 4.78 is 8.77. The van der Waals surface area contributed by atoms with Crippen molar-refractivity contribution in [3.8, 4) is 22.9 Å². The average molecular weight is 492 g/mol. The molecular weight excluding hydrogens is 462 g/mol. The quantitative estimate of drug-likeness (QED) is 0.596. The van der Waals surface area contributed by atoms with Crippen LogP contribution in [0, 0.1) is 17.2 Å². The number of carbonyl (C=O) groups excluding carboxylic acids is 2. The summed E-state index contributed by atoms with van der Waals surface area (Å²) in [5.41, 5.74) is 1.72. The number of rotatable bonds is 3. The van der Waals surface area contributed by atoms with Gasteiger partial charge >= 0.3 is 6.09 Å². The van der Waals surface area contributed by atoms with Crippen molar-refractivity contribution in [1.29, 1.82) is 5.26 Å². The van der Waals surface area contributed by atoms with Crippen LogP contribution in [0.3, 0.4) is 0 Å². The number of carbonyl (C=O) groups is 2. The maximum atomic E-state index is 12.9. The van der Waals surface area contributed by atoms with Gasteiger partial charge in [0.05, 0.1) is 24.4 Å². The maximum absolute atomic E-state index is 12.9. The number of hydrogen-bond acceptors (Lipinski definition) is 7. The van der Waals surface area contributed by atoms with E-state index in [2.05, 4.69) is 10.2 Å². The third-order valence-corrected chi connectivity index (χ3v) is 6.68. The van der Waals surface area contributed by atoms with Crippen molar-refractivity contribution in [2.45, 2.75) is 45.3 Å². The predicted molar refractivity (Wildman–Crippen MR) is 129 cm³/mol. The van der Waals surface area contributed by atoms with Gasteiger partial charge in [-0.25, -0.2) is 9.31 Å². The first-order chi connectivity index (χ1) is 17.1. The summed E-state index contributed by atoms with van der Waals surface area (Å²) in [5.74, 6) is -0.0895. The van der Waals surface area contributed by atoms with Gasteiger partial charge in [0.1, 0.15) is 28.5 Å². The van der Waals surface area contributed by atoms with E-state index in [9.17, 15) is 20.0 Å². The van der Waals surface area contributed by atoms with Crippen molar-refractivity contribution in [3.63, 3.8) is 0 Å². The number of fused-ring (bicyclic) bond motifs is 1. The van der Waals surface area contributed by atoms with Crippen LogP contribution in [0.4, 0.5) is 4.79 Å². The van der Waals surface area contributed by atoms with E-state index in [4.69, 9.17) is 4.74 Å². The fraction of sp³-hybridized carbons (Fsp3) is 0.480. The van der Waals surface area contributed by atoms with Gasteiger partial charge < -0.3 is 19.6 Å². The fourth-order valence-electron chi connectivity index (χ4n) is 4.75. The van der Waals surface area contributed by atoms with E-state index in [0.717, 1.165) is 24.0 Å². The van der Waals surface area contributed by atoms with E-state index in [1.54, 1.807) is 23.4 Å². The zero-order chi connectivity index (χ0) is 25.6. The molecular formula is C25H29N7O4. The van der Waals surface area contributed by atoms with Gasteiger partial charge in [0.2, 0.25) is 5.91 Å². The molecule has 0 aromatic carbocycles. The van der Waals surface area contributed by atoms with Gasteiger partial charge in [-0.05, 0) is 39.7 Å². The number of pyridine rings is 1. The van der Waals surface area contributed by atoms with Crippen molar-refractivity contribution in [2.75, 3.05) is 26.2 Å². The van der Waals surface area contributed by atoms with E-state index in [1.807, 2.05) is 42.6 Å². The van der Waals surface area contributed by atoms with E-state index in [-0.39, 0.29) is 29.7 Å². The zero-order valence-electron chi connectivity index (χ0n) is 20.6. The Kier molecular flexibility index (Phi) is 5.82. The number of likely N-dealkylation sites (tertiary alicyclic amines) is 2. The molecule has 0 spiro atoms. The van der Waals surface area contributed by atoms with Gasteiger partial charge in [-0.3, -0.25) is 9.48 Å². The standard InChI is InChI=1S/C25H29N7O4/c1-25(2,3)36-24(35)30-12-19(13-30)23(34)29-6-4-20(5-7-29)31-15-18(11-27-31)16-8-21(33)22-17(9-26)10-28-32(22)14-16/h8,10-11,14-15,19-20,33H,4-7,12-13H2,1-3H3. The number of piperidine rings is 1. The molecule has 0 bridgehead atoms. The molecule has 11 heteroatoms. The lowest BCUT2D eigenvalue weighted by molar-refractivity contribution is -0.141. The van der Waals surface area contributed by atoms with Crippen molar-refractivity contribution < 1.29 is 19.4 Å². The molecule has 3 aromatic heterocycles. The third-order valence-electron chi connectivity index (χ3n) is 6.68. The largest absolute Gasteiger partial charge is 0.506 e. The molecule has 2 fully saturated rings. The summed E-state index contributed by atoms with van der Waals surface area (Å²) in [4.78, 5) is 28.5. The summed E-state index contributed by atoms with van der Waals surface area (Å²) >= 11 is 0. The molecule has 5 rings (SSSR count). The second-order valence-electron chi connectivity index (χ2n) is 10.4. The SMILES string of the molecule is CC(C)(C)OC(=O)N1CC(C(=O)N2CCC(n3cc(-c4cc(O)c5c(C#N)cnn5c4)cn3)CC2)C1. The van der Waals surface area contributed by atoms with Crippen LogP contribution in [0.15, 0.2) is 30.9 Å². The Labute approximate surface area is 208 Å². The third kappa shape index (κ3) is 4.46. The minimum Gasteiger partial charge on any atom is -0.506 e. The van der Waals surface area contributed by atoms with Gasteiger partial charge in [0.25, 0.3) is 0 Å². The van der Waals surface area contributed by atoms with E-state index in [1.165, 1.54) is 10.7 Å². The Bertz CT molecular complexity index is 1350. The summed E-state index contributed by atoms with van der Waals surface area (Å²) in [6.45, 7) is 7.56. The molecule has 0 radical (unpaired) electrons. The Morgan fingerprint density at radius 3 is 2.47 bits per heavy atom. The van der Waals surface area contributed by atoms with Crippen molar-refractivity contribution in [2.24, 2.45) is 5.92 Å². The summed E-state index contributed by atoms with van der Waals surface area (Å²) in [6.07, 6.45) is 8.06. The first kappa shape index (κ1) is 23.7. The molecule has 5 heterocycles. The van der Waals surface area contributed by atoms with Crippen LogP contribution in [-0.4, -0.2) is 78.1 Å². The highest BCUT2D eigenvalue weighted by molar-refractivity contribution is 5.83. The second-order valence-corrected chi connectivity index (χ2v) is 10.4. The van der Waals surface area contributed by atoms with Gasteiger partial charge in [0, 0.05) is 49.7 Å². The topological polar surface area (TPSA) is 129 Å². The van der Waals surface area contributed by atoms with Crippen LogP contribution in [-0.2, 0) is 9.53 Å². The lowest BCUT2D eigenvalue weighted by atomic mass is 9.96. The molecule has 2 aliphatic rings. The molecule has 188 valence electrons. The first-order valence-corrected chi connectivity index (χ1v) is 12.0. The highest BCUT2D eigenvalue weighted by Crippen LogP contribution is 2.31. The minimum absolute atomic E-state index is 0.0117. The van der Waals surface area contributed by atoms with Crippen LogP contribution in [0.2, 0.25) is 0 Å². The van der Waals surface area contributed by atoms with Crippen molar-refractivity contribution in [3.05, 3.63) is 36.4 Å². The summed E-state index contributed by atoms with van der Waals surface area (Å²) in [6, 6.07) is 3.80. The normalized spacial score (nSPS) is 17.2. The molecule has 0 unspecified atom stereocenters. The second kappa shape index (κ2) is 8.86. The maximum Gasteiger partial charge on any atom is 0.410 e. The molecule has 0 aliphatic carbocycles. The van der Waals surface area contributed by atoms with Gasteiger partial charge in [-0.15, -0.1) is 0 Å². The Morgan fingerprint density at radius 2 is 1.81 bits per heavy atom. The smallest absolute Gasteiger partial charge is 0.410 e. The van der Waals surface area contributed by atoms with Crippen LogP contribution >= 0.6 is 0 Å². The lowest BCUT2D eigenvalue weighted by Gasteiger charge is -2.42.